The van der Waals surface area contributed by atoms with E-state index in [-0.39, 0.29) is 5.92 Å². The molecule has 0 aliphatic carbocycles. The van der Waals surface area contributed by atoms with Crippen LogP contribution in [0.2, 0.25) is 0 Å². The van der Waals surface area contributed by atoms with E-state index in [1.54, 1.807) is 0 Å². The highest BCUT2D eigenvalue weighted by Crippen LogP contribution is 2.26. The topological polar surface area (TPSA) is 47.3 Å². The molecule has 0 bridgehead atoms. The summed E-state index contributed by atoms with van der Waals surface area (Å²) in [4.78, 5) is 16.5. The Hall–Kier alpha value is -1.67. The maximum absolute atomic E-state index is 12.3. The first kappa shape index (κ1) is 13.3. The number of hydrogen-bond acceptors (Lipinski definition) is 4. The van der Waals surface area contributed by atoms with Crippen LogP contribution in [0.5, 0.6) is 0 Å². The van der Waals surface area contributed by atoms with E-state index in [4.69, 9.17) is 5.26 Å². The van der Waals surface area contributed by atoms with Gasteiger partial charge in [-0.05, 0) is 24.3 Å². The lowest BCUT2D eigenvalue weighted by Crippen LogP contribution is -2.55. The summed E-state index contributed by atoms with van der Waals surface area (Å²) in [6.07, 6.45) is 0. The molecule has 4 nitrogen and oxygen atoms in total. The van der Waals surface area contributed by atoms with Gasteiger partial charge in [0.25, 0.3) is 0 Å². The SMILES string of the molecule is N#Cc1ccc(N2CC(C(=O)N3CCSCC3)C2)cc1. The van der Waals surface area contributed by atoms with Gasteiger partial charge < -0.3 is 9.80 Å². The zero-order valence-electron chi connectivity index (χ0n) is 11.3. The fourth-order valence-electron chi connectivity index (χ4n) is 2.63. The molecule has 20 heavy (non-hydrogen) atoms. The van der Waals surface area contributed by atoms with Crippen molar-refractivity contribution in [1.29, 1.82) is 5.26 Å². The number of thioether (sulfide) groups is 1. The van der Waals surface area contributed by atoms with Crippen LogP contribution in [0.1, 0.15) is 5.56 Å². The summed E-state index contributed by atoms with van der Waals surface area (Å²) < 4.78 is 0. The van der Waals surface area contributed by atoms with Crippen LogP contribution >= 0.6 is 11.8 Å². The van der Waals surface area contributed by atoms with E-state index in [2.05, 4.69) is 11.0 Å². The third-order valence-corrected chi connectivity index (χ3v) is 4.86. The highest BCUT2D eigenvalue weighted by Gasteiger charge is 2.35. The van der Waals surface area contributed by atoms with Crippen molar-refractivity contribution in [3.8, 4) is 6.07 Å². The Morgan fingerprint density at radius 1 is 1.20 bits per heavy atom. The molecule has 1 aromatic carbocycles. The molecule has 0 unspecified atom stereocenters. The first-order chi connectivity index (χ1) is 9.78. The minimum Gasteiger partial charge on any atom is -0.370 e. The molecule has 0 atom stereocenters. The predicted molar refractivity (Wildman–Crippen MR) is 80.8 cm³/mol. The fraction of sp³-hybridized carbons (Fsp3) is 0.467. The van der Waals surface area contributed by atoms with Crippen molar-refractivity contribution in [2.24, 2.45) is 5.92 Å². The number of carbonyl (C=O) groups is 1. The minimum atomic E-state index is 0.147. The van der Waals surface area contributed by atoms with Crippen molar-refractivity contribution < 1.29 is 4.79 Å². The highest BCUT2D eigenvalue weighted by atomic mass is 32.2. The number of carbonyl (C=O) groups excluding carboxylic acids is 1. The molecule has 5 heteroatoms. The Bertz CT molecular complexity index is 525. The van der Waals surface area contributed by atoms with Crippen molar-refractivity contribution in [3.05, 3.63) is 29.8 Å². The maximum atomic E-state index is 12.3. The van der Waals surface area contributed by atoms with Gasteiger partial charge in [0, 0.05) is 43.4 Å². The Kier molecular flexibility index (Phi) is 3.83. The monoisotopic (exact) mass is 287 g/mol. The second-order valence-electron chi connectivity index (χ2n) is 5.20. The van der Waals surface area contributed by atoms with Crippen molar-refractivity contribution in [3.63, 3.8) is 0 Å². The van der Waals surface area contributed by atoms with Gasteiger partial charge in [0.05, 0.1) is 17.6 Å². The molecule has 0 radical (unpaired) electrons. The number of nitrogens with zero attached hydrogens (tertiary/aromatic N) is 3. The highest BCUT2D eigenvalue weighted by molar-refractivity contribution is 7.99. The van der Waals surface area contributed by atoms with Gasteiger partial charge in [-0.3, -0.25) is 4.79 Å². The molecule has 0 spiro atoms. The molecule has 1 aromatic rings. The first-order valence-corrected chi connectivity index (χ1v) is 8.05. The third-order valence-electron chi connectivity index (χ3n) is 3.92. The van der Waals surface area contributed by atoms with E-state index >= 15 is 0 Å². The van der Waals surface area contributed by atoms with Gasteiger partial charge in [0.2, 0.25) is 5.91 Å². The Morgan fingerprint density at radius 3 is 2.45 bits per heavy atom. The Labute approximate surface area is 123 Å². The Balaban J connectivity index is 1.55. The summed E-state index contributed by atoms with van der Waals surface area (Å²) >= 11 is 1.92. The lowest BCUT2D eigenvalue weighted by molar-refractivity contribution is -0.135. The van der Waals surface area contributed by atoms with Gasteiger partial charge in [-0.25, -0.2) is 0 Å². The smallest absolute Gasteiger partial charge is 0.229 e. The standard InChI is InChI=1S/C15H17N3OS/c16-9-12-1-3-14(4-2-12)18-10-13(11-18)15(19)17-5-7-20-8-6-17/h1-4,13H,5-8,10-11H2. The van der Waals surface area contributed by atoms with E-state index < -0.39 is 0 Å². The summed E-state index contributed by atoms with van der Waals surface area (Å²) in [5, 5.41) is 8.78. The summed E-state index contributed by atoms with van der Waals surface area (Å²) in [5.74, 6) is 2.60. The van der Waals surface area contributed by atoms with E-state index in [1.807, 2.05) is 40.9 Å². The van der Waals surface area contributed by atoms with Crippen LogP contribution in [-0.2, 0) is 4.79 Å². The van der Waals surface area contributed by atoms with Crippen molar-refractivity contribution >= 4 is 23.4 Å². The summed E-state index contributed by atoms with van der Waals surface area (Å²) in [7, 11) is 0. The Morgan fingerprint density at radius 2 is 1.85 bits per heavy atom. The van der Waals surface area contributed by atoms with Crippen LogP contribution in [0.4, 0.5) is 5.69 Å². The number of benzene rings is 1. The molecule has 2 aliphatic rings. The van der Waals surface area contributed by atoms with Crippen molar-refractivity contribution in [2.75, 3.05) is 42.6 Å². The van der Waals surface area contributed by atoms with Crippen molar-refractivity contribution in [1.82, 2.24) is 4.90 Å². The van der Waals surface area contributed by atoms with Crippen LogP contribution in [0.15, 0.2) is 24.3 Å². The van der Waals surface area contributed by atoms with Gasteiger partial charge >= 0.3 is 0 Å². The van der Waals surface area contributed by atoms with E-state index in [9.17, 15) is 4.79 Å². The average Bonchev–Trinajstić information content (AvgIpc) is 2.47. The molecule has 0 N–H and O–H groups in total. The summed E-state index contributed by atoms with van der Waals surface area (Å²) in [6, 6.07) is 9.68. The summed E-state index contributed by atoms with van der Waals surface area (Å²) in [6.45, 7) is 3.40. The predicted octanol–water partition coefficient (Wildman–Crippen LogP) is 1.57. The van der Waals surface area contributed by atoms with E-state index in [0.717, 1.165) is 43.4 Å². The summed E-state index contributed by atoms with van der Waals surface area (Å²) in [5.41, 5.74) is 1.77. The van der Waals surface area contributed by atoms with E-state index in [1.165, 1.54) is 0 Å². The molecular formula is C15H17N3OS. The van der Waals surface area contributed by atoms with Crippen LogP contribution < -0.4 is 4.90 Å². The fourth-order valence-corrected chi connectivity index (χ4v) is 3.54. The zero-order chi connectivity index (χ0) is 13.9. The quantitative estimate of drug-likeness (QED) is 0.828. The normalized spacial score (nSPS) is 19.4. The number of nitriles is 1. The molecule has 0 saturated carbocycles. The number of hydrogen-bond donors (Lipinski definition) is 0. The number of anilines is 1. The maximum Gasteiger partial charge on any atom is 0.229 e. The zero-order valence-corrected chi connectivity index (χ0v) is 12.1. The van der Waals surface area contributed by atoms with Gasteiger partial charge in [-0.1, -0.05) is 0 Å². The minimum absolute atomic E-state index is 0.147. The largest absolute Gasteiger partial charge is 0.370 e. The molecule has 2 fully saturated rings. The second kappa shape index (κ2) is 5.76. The first-order valence-electron chi connectivity index (χ1n) is 6.89. The molecule has 2 saturated heterocycles. The van der Waals surface area contributed by atoms with Crippen LogP contribution in [0, 0.1) is 17.2 Å². The van der Waals surface area contributed by atoms with Crippen LogP contribution in [-0.4, -0.2) is 48.5 Å². The van der Waals surface area contributed by atoms with E-state index in [0.29, 0.717) is 11.5 Å². The molecule has 104 valence electrons. The van der Waals surface area contributed by atoms with Gasteiger partial charge in [-0.2, -0.15) is 17.0 Å². The number of rotatable bonds is 2. The van der Waals surface area contributed by atoms with Crippen LogP contribution in [0.25, 0.3) is 0 Å². The van der Waals surface area contributed by atoms with Gasteiger partial charge in [0.15, 0.2) is 0 Å². The molecule has 3 rings (SSSR count). The third kappa shape index (κ3) is 2.61. The lowest BCUT2D eigenvalue weighted by Gasteiger charge is -2.42. The van der Waals surface area contributed by atoms with Gasteiger partial charge in [0.1, 0.15) is 0 Å². The molecular weight excluding hydrogens is 270 g/mol. The number of amides is 1. The van der Waals surface area contributed by atoms with Crippen molar-refractivity contribution in [2.45, 2.75) is 0 Å². The van der Waals surface area contributed by atoms with Gasteiger partial charge in [-0.15, -0.1) is 0 Å². The molecule has 0 aromatic heterocycles. The molecule has 2 aliphatic heterocycles. The van der Waals surface area contributed by atoms with Crippen LogP contribution in [0.3, 0.4) is 0 Å². The molecule has 1 amide bonds. The molecule has 2 heterocycles. The second-order valence-corrected chi connectivity index (χ2v) is 6.42. The lowest BCUT2D eigenvalue weighted by atomic mass is 9.97. The average molecular weight is 287 g/mol.